The maximum absolute atomic E-state index is 3.39. The number of piperazine rings is 1. The number of nitrogens with zero attached hydrogens (tertiary/aromatic N) is 1. The molecule has 0 aromatic heterocycles. The summed E-state index contributed by atoms with van der Waals surface area (Å²) in [4.78, 5) is 2.50. The number of benzene rings is 1. The molecule has 0 spiro atoms. The summed E-state index contributed by atoms with van der Waals surface area (Å²) in [6, 6.07) is 8.82. The quantitative estimate of drug-likeness (QED) is 0.556. The van der Waals surface area contributed by atoms with Crippen molar-refractivity contribution in [3.8, 4) is 0 Å². The number of rotatable bonds is 2. The molecule has 0 unspecified atom stereocenters. The summed E-state index contributed by atoms with van der Waals surface area (Å²) in [6.45, 7) is 4.48. The smallest absolute Gasteiger partial charge is 0.0575 e. The number of nitrogens with one attached hydrogen (secondary N) is 1. The fourth-order valence-electron chi connectivity index (χ4n) is 1.78. The van der Waals surface area contributed by atoms with Gasteiger partial charge in [0.2, 0.25) is 0 Å². The Labute approximate surface area is 118 Å². The predicted molar refractivity (Wildman–Crippen MR) is 86.1 cm³/mol. The third-order valence-electron chi connectivity index (χ3n) is 2.52. The lowest BCUT2D eigenvalue weighted by atomic mass is 10.2. The number of para-hydroxylation sites is 1. The largest absolute Gasteiger partial charge is 0.368 e. The van der Waals surface area contributed by atoms with Gasteiger partial charge in [0.05, 0.1) is 3.21 Å². The lowest BCUT2D eigenvalue weighted by Crippen LogP contribution is -2.44. The molecule has 2 rings (SSSR count). The predicted octanol–water partition coefficient (Wildman–Crippen LogP) is 2.90. The van der Waals surface area contributed by atoms with Crippen molar-refractivity contribution in [1.82, 2.24) is 5.32 Å². The second-order valence-electron chi connectivity index (χ2n) is 3.46. The fraction of sp³-hybridized carbons (Fsp3) is 0.400. The van der Waals surface area contributed by atoms with Crippen LogP contribution in [0.3, 0.4) is 0 Å². The average Bonchev–Trinajstić information content (AvgIpc) is 2.30. The molecule has 1 saturated heterocycles. The van der Waals surface area contributed by atoms with Crippen molar-refractivity contribution >= 4 is 58.3 Å². The first kappa shape index (κ1) is 12.3. The Bertz CT molecular complexity index is 327. The second-order valence-corrected chi connectivity index (χ2v) is 15.7. The number of hydrogen-bond acceptors (Lipinski definition) is 2. The van der Waals surface area contributed by atoms with Crippen LogP contribution in [0.15, 0.2) is 24.3 Å². The van der Waals surface area contributed by atoms with E-state index in [1.165, 1.54) is 11.0 Å². The van der Waals surface area contributed by atoms with Gasteiger partial charge >= 0.3 is 0 Å². The van der Waals surface area contributed by atoms with Crippen LogP contribution in [0.25, 0.3) is 0 Å². The van der Waals surface area contributed by atoms with Crippen LogP contribution in [0.1, 0.15) is 0 Å². The zero-order valence-electron chi connectivity index (χ0n) is 8.29. The molecule has 1 heterocycles. The number of anilines is 1. The Morgan fingerprint density at radius 1 is 1.13 bits per heavy atom. The van der Waals surface area contributed by atoms with Gasteiger partial charge < -0.3 is 10.2 Å². The van der Waals surface area contributed by atoms with E-state index in [0.29, 0.717) is 0 Å². The molecule has 1 aromatic rings. The fourth-order valence-corrected chi connectivity index (χ4v) is 4.82. The van der Waals surface area contributed by atoms with E-state index in [4.69, 9.17) is 0 Å². The summed E-state index contributed by atoms with van der Waals surface area (Å²) in [7, 11) is 0. The maximum atomic E-state index is 3.39. The lowest BCUT2D eigenvalue weighted by molar-refractivity contribution is 0.590. The highest BCUT2D eigenvalue weighted by atomic mass is 127. The monoisotopic (exact) mass is 446 g/mol. The van der Waals surface area contributed by atoms with Gasteiger partial charge in [-0.3, -0.25) is 0 Å². The first-order valence-corrected chi connectivity index (χ1v) is 11.9. The summed E-state index contributed by atoms with van der Waals surface area (Å²) in [6.07, 6.45) is 0. The molecule has 0 saturated carbocycles. The van der Waals surface area contributed by atoms with E-state index in [9.17, 15) is 0 Å². The minimum Gasteiger partial charge on any atom is -0.368 e. The summed E-state index contributed by atoms with van der Waals surface area (Å²) < 4.78 is -0.0632. The highest BCUT2D eigenvalue weighted by Gasteiger charge is 2.16. The maximum Gasteiger partial charge on any atom is 0.0575 e. The third kappa shape index (κ3) is 3.17. The van der Waals surface area contributed by atoms with Gasteiger partial charge in [-0.25, -0.2) is 0 Å². The summed E-state index contributed by atoms with van der Waals surface area (Å²) in [5.74, 6) is 0. The van der Waals surface area contributed by atoms with Gasteiger partial charge in [-0.1, -0.05) is 18.2 Å². The summed E-state index contributed by atoms with van der Waals surface area (Å²) in [5, 5.41) is 4.90. The van der Waals surface area contributed by atoms with Crippen molar-refractivity contribution in [1.29, 1.82) is 0 Å². The van der Waals surface area contributed by atoms with Crippen LogP contribution in [-0.2, 0) is 0 Å². The zero-order valence-corrected chi connectivity index (χ0v) is 13.5. The molecule has 1 aliphatic heterocycles. The molecule has 5 heteroatoms. The zero-order chi connectivity index (χ0) is 10.7. The van der Waals surface area contributed by atoms with Crippen molar-refractivity contribution in [2.75, 3.05) is 31.1 Å². The molecule has 1 aromatic carbocycles. The van der Waals surface area contributed by atoms with E-state index in [1.807, 2.05) is 0 Å². The molecular formula is C10H13I2N2P. The molecule has 2 nitrogen and oxygen atoms in total. The summed E-state index contributed by atoms with van der Waals surface area (Å²) in [5.41, 5.74) is 1.44. The molecule has 0 radical (unpaired) electrons. The van der Waals surface area contributed by atoms with E-state index in [-0.39, 0.29) is 3.21 Å². The van der Waals surface area contributed by atoms with Crippen molar-refractivity contribution in [2.24, 2.45) is 0 Å². The van der Waals surface area contributed by atoms with Crippen LogP contribution in [0, 0.1) is 0 Å². The molecule has 15 heavy (non-hydrogen) atoms. The molecule has 1 N–H and O–H groups in total. The molecule has 0 bridgehead atoms. The van der Waals surface area contributed by atoms with Gasteiger partial charge in [0.15, 0.2) is 0 Å². The van der Waals surface area contributed by atoms with Crippen molar-refractivity contribution in [3.63, 3.8) is 0 Å². The highest BCUT2D eigenvalue weighted by Crippen LogP contribution is 2.54. The number of hydrogen-bond donors (Lipinski definition) is 1. The third-order valence-corrected chi connectivity index (χ3v) is 6.38. The minimum absolute atomic E-state index is 0.0632. The molecule has 82 valence electrons. The minimum atomic E-state index is -0.0632. The summed E-state index contributed by atoms with van der Waals surface area (Å²) >= 11 is 5.08. The second kappa shape index (κ2) is 5.98. The number of halogens is 2. The van der Waals surface area contributed by atoms with Gasteiger partial charge in [-0.15, -0.1) is 0 Å². The highest BCUT2D eigenvalue weighted by molar-refractivity contribution is 14.3. The van der Waals surface area contributed by atoms with Gasteiger partial charge in [0.25, 0.3) is 0 Å². The Morgan fingerprint density at radius 2 is 1.80 bits per heavy atom. The SMILES string of the molecule is IP(I)c1ccccc1N1CCNCC1. The normalized spacial score (nSPS) is 17.1. The van der Waals surface area contributed by atoms with Gasteiger partial charge in [-0.05, 0) is 50.1 Å². The van der Waals surface area contributed by atoms with Crippen LogP contribution in [0.4, 0.5) is 5.69 Å². The van der Waals surface area contributed by atoms with Crippen LogP contribution in [0.5, 0.6) is 0 Å². The van der Waals surface area contributed by atoms with Gasteiger partial charge in [0.1, 0.15) is 0 Å². The van der Waals surface area contributed by atoms with Crippen molar-refractivity contribution in [3.05, 3.63) is 24.3 Å². The van der Waals surface area contributed by atoms with Crippen molar-refractivity contribution < 1.29 is 0 Å². The van der Waals surface area contributed by atoms with E-state index >= 15 is 0 Å². The topological polar surface area (TPSA) is 15.3 Å². The van der Waals surface area contributed by atoms with E-state index in [0.717, 1.165) is 26.2 Å². The lowest BCUT2D eigenvalue weighted by Gasteiger charge is -2.31. The van der Waals surface area contributed by atoms with Crippen LogP contribution < -0.4 is 15.5 Å². The molecule has 0 aliphatic carbocycles. The van der Waals surface area contributed by atoms with Crippen LogP contribution in [0.2, 0.25) is 0 Å². The standard InChI is InChI=1S/C10H13I2N2P/c11-15(12)10-4-2-1-3-9(10)14-7-5-13-6-8-14/h1-4,13H,5-8H2. The van der Waals surface area contributed by atoms with E-state index in [1.54, 1.807) is 0 Å². The molecule has 1 aliphatic rings. The van der Waals surface area contributed by atoms with Gasteiger partial charge in [-0.2, -0.15) is 0 Å². The Kier molecular flexibility index (Phi) is 4.92. The average molecular weight is 446 g/mol. The Balaban J connectivity index is 2.25. The first-order valence-electron chi connectivity index (χ1n) is 4.95. The van der Waals surface area contributed by atoms with Crippen LogP contribution in [-0.4, -0.2) is 26.2 Å². The molecule has 1 fully saturated rings. The van der Waals surface area contributed by atoms with Crippen LogP contribution >= 0.6 is 47.3 Å². The van der Waals surface area contributed by atoms with Crippen molar-refractivity contribution in [2.45, 2.75) is 0 Å². The molecule has 0 atom stereocenters. The van der Waals surface area contributed by atoms with E-state index in [2.05, 4.69) is 78.6 Å². The Morgan fingerprint density at radius 3 is 2.47 bits per heavy atom. The first-order chi connectivity index (χ1) is 7.29. The molecular weight excluding hydrogens is 433 g/mol. The molecule has 0 amide bonds. The Hall–Kier alpha value is 0.870. The van der Waals surface area contributed by atoms with Gasteiger partial charge in [0, 0.05) is 37.2 Å². The van der Waals surface area contributed by atoms with E-state index < -0.39 is 0 Å².